The number of rotatable bonds is 4. The second kappa shape index (κ2) is 6.13. The average Bonchev–Trinajstić information content (AvgIpc) is 3.34. The molecule has 0 radical (unpaired) electrons. The van der Waals surface area contributed by atoms with Crippen LogP contribution in [0.4, 0.5) is 13.2 Å². The summed E-state index contributed by atoms with van der Waals surface area (Å²) in [5.41, 5.74) is -0.0613. The first kappa shape index (κ1) is 16.8. The molecule has 0 aromatic heterocycles. The van der Waals surface area contributed by atoms with Gasteiger partial charge in [-0.25, -0.2) is 0 Å². The van der Waals surface area contributed by atoms with E-state index in [9.17, 15) is 18.0 Å². The first-order valence-electron chi connectivity index (χ1n) is 7.52. The maximum absolute atomic E-state index is 12.7. The summed E-state index contributed by atoms with van der Waals surface area (Å²) in [5.74, 6) is -0.179. The normalized spacial score (nSPS) is 15.8. The monoisotopic (exact) mass is 353 g/mol. The summed E-state index contributed by atoms with van der Waals surface area (Å²) in [5, 5.41) is 3.31. The van der Waals surface area contributed by atoms with Crippen molar-refractivity contribution in [3.63, 3.8) is 0 Å². The van der Waals surface area contributed by atoms with Gasteiger partial charge in [-0.2, -0.15) is 13.2 Å². The Labute approximate surface area is 142 Å². The van der Waals surface area contributed by atoms with Crippen LogP contribution in [0.3, 0.4) is 0 Å². The fourth-order valence-corrected chi connectivity index (χ4v) is 2.96. The van der Waals surface area contributed by atoms with E-state index in [1.165, 1.54) is 6.07 Å². The lowest BCUT2D eigenvalue weighted by Gasteiger charge is -2.16. The minimum atomic E-state index is -4.39. The average molecular weight is 354 g/mol. The fourth-order valence-electron chi connectivity index (χ4n) is 2.77. The molecule has 2 aromatic rings. The number of carbonyl (C=O) groups is 1. The van der Waals surface area contributed by atoms with Gasteiger partial charge in [0.15, 0.2) is 0 Å². The summed E-state index contributed by atoms with van der Waals surface area (Å²) in [6.07, 6.45) is -2.97. The van der Waals surface area contributed by atoms with Crippen LogP contribution in [0, 0.1) is 0 Å². The van der Waals surface area contributed by atoms with Gasteiger partial charge in [0.25, 0.3) is 0 Å². The van der Waals surface area contributed by atoms with Crippen LogP contribution in [0.15, 0.2) is 48.5 Å². The van der Waals surface area contributed by atoms with Crippen molar-refractivity contribution in [3.8, 4) is 0 Å². The Morgan fingerprint density at radius 3 is 2.46 bits per heavy atom. The number of hydrogen-bond acceptors (Lipinski definition) is 1. The SMILES string of the molecule is O=C(NCc1cccc(C(F)(F)F)c1)C1(c2cccc(Cl)c2)CC1. The van der Waals surface area contributed by atoms with Gasteiger partial charge in [0, 0.05) is 11.6 Å². The maximum Gasteiger partial charge on any atom is 0.416 e. The minimum Gasteiger partial charge on any atom is -0.351 e. The Bertz CT molecular complexity index is 769. The molecule has 0 bridgehead atoms. The van der Waals surface area contributed by atoms with E-state index in [1.54, 1.807) is 24.3 Å². The first-order valence-corrected chi connectivity index (χ1v) is 7.89. The molecule has 0 saturated heterocycles. The van der Waals surface area contributed by atoms with Crippen molar-refractivity contribution >= 4 is 17.5 Å². The summed E-state index contributed by atoms with van der Waals surface area (Å²) >= 11 is 5.98. The van der Waals surface area contributed by atoms with E-state index in [1.807, 2.05) is 6.07 Å². The zero-order valence-electron chi connectivity index (χ0n) is 12.7. The predicted octanol–water partition coefficient (Wildman–Crippen LogP) is 4.71. The van der Waals surface area contributed by atoms with E-state index in [2.05, 4.69) is 5.32 Å². The molecule has 0 unspecified atom stereocenters. The summed E-state index contributed by atoms with van der Waals surface area (Å²) in [6.45, 7) is 0.0606. The third-order valence-corrected chi connectivity index (χ3v) is 4.50. The van der Waals surface area contributed by atoms with Crippen molar-refractivity contribution in [1.29, 1.82) is 0 Å². The number of hydrogen-bond donors (Lipinski definition) is 1. The molecular weight excluding hydrogens is 339 g/mol. The molecule has 126 valence electrons. The minimum absolute atomic E-state index is 0.0606. The fraction of sp³-hybridized carbons (Fsp3) is 0.278. The van der Waals surface area contributed by atoms with Crippen LogP contribution in [0.25, 0.3) is 0 Å². The second-order valence-corrected chi connectivity index (χ2v) is 6.41. The number of nitrogens with one attached hydrogen (secondary N) is 1. The van der Waals surface area contributed by atoms with Gasteiger partial charge in [-0.3, -0.25) is 4.79 Å². The molecule has 6 heteroatoms. The topological polar surface area (TPSA) is 29.1 Å². The van der Waals surface area contributed by atoms with Crippen LogP contribution in [-0.4, -0.2) is 5.91 Å². The van der Waals surface area contributed by atoms with E-state index in [-0.39, 0.29) is 12.5 Å². The van der Waals surface area contributed by atoms with Crippen LogP contribution < -0.4 is 5.32 Å². The van der Waals surface area contributed by atoms with Crippen LogP contribution in [-0.2, 0) is 22.9 Å². The highest BCUT2D eigenvalue weighted by Crippen LogP contribution is 2.48. The number of carbonyl (C=O) groups excluding carboxylic acids is 1. The molecule has 3 rings (SSSR count). The number of halogens is 4. The van der Waals surface area contributed by atoms with Gasteiger partial charge in [-0.15, -0.1) is 0 Å². The molecule has 1 aliphatic rings. The second-order valence-electron chi connectivity index (χ2n) is 5.97. The molecule has 1 amide bonds. The van der Waals surface area contributed by atoms with E-state index in [4.69, 9.17) is 11.6 Å². The molecule has 0 aliphatic heterocycles. The summed E-state index contributed by atoms with van der Waals surface area (Å²) in [4.78, 5) is 12.5. The van der Waals surface area contributed by atoms with Crippen LogP contribution in [0.1, 0.15) is 29.5 Å². The maximum atomic E-state index is 12.7. The number of alkyl halides is 3. The van der Waals surface area contributed by atoms with Gasteiger partial charge in [0.2, 0.25) is 5.91 Å². The highest BCUT2D eigenvalue weighted by atomic mass is 35.5. The van der Waals surface area contributed by atoms with Gasteiger partial charge >= 0.3 is 6.18 Å². The van der Waals surface area contributed by atoms with Crippen molar-refractivity contribution < 1.29 is 18.0 Å². The summed E-state index contributed by atoms with van der Waals surface area (Å²) in [7, 11) is 0. The van der Waals surface area contributed by atoms with Gasteiger partial charge in [0.1, 0.15) is 0 Å². The van der Waals surface area contributed by atoms with Gasteiger partial charge in [-0.05, 0) is 48.2 Å². The lowest BCUT2D eigenvalue weighted by Crippen LogP contribution is -2.34. The summed E-state index contributed by atoms with van der Waals surface area (Å²) in [6, 6.07) is 12.1. The molecular formula is C18H15ClF3NO. The van der Waals surface area contributed by atoms with Crippen molar-refractivity contribution in [2.75, 3.05) is 0 Å². The lowest BCUT2D eigenvalue weighted by atomic mass is 9.95. The Kier molecular flexibility index (Phi) is 4.30. The van der Waals surface area contributed by atoms with Crippen molar-refractivity contribution in [3.05, 3.63) is 70.2 Å². The van der Waals surface area contributed by atoms with Crippen molar-refractivity contribution in [2.45, 2.75) is 31.0 Å². The van der Waals surface area contributed by atoms with E-state index < -0.39 is 17.2 Å². The van der Waals surface area contributed by atoms with E-state index >= 15 is 0 Å². The quantitative estimate of drug-likeness (QED) is 0.847. The Hall–Kier alpha value is -2.01. The predicted molar refractivity (Wildman–Crippen MR) is 85.7 cm³/mol. The third kappa shape index (κ3) is 3.41. The van der Waals surface area contributed by atoms with Gasteiger partial charge in [0.05, 0.1) is 11.0 Å². The summed E-state index contributed by atoms with van der Waals surface area (Å²) < 4.78 is 38.2. The number of amides is 1. The third-order valence-electron chi connectivity index (χ3n) is 4.27. The highest BCUT2D eigenvalue weighted by Gasteiger charge is 2.51. The smallest absolute Gasteiger partial charge is 0.351 e. The van der Waals surface area contributed by atoms with Gasteiger partial charge in [-0.1, -0.05) is 35.9 Å². The first-order chi connectivity index (χ1) is 11.3. The van der Waals surface area contributed by atoms with E-state index in [0.29, 0.717) is 23.4 Å². The Balaban J connectivity index is 1.70. The van der Waals surface area contributed by atoms with Crippen LogP contribution in [0.5, 0.6) is 0 Å². The van der Waals surface area contributed by atoms with Crippen molar-refractivity contribution in [1.82, 2.24) is 5.32 Å². The Morgan fingerprint density at radius 2 is 1.83 bits per heavy atom. The van der Waals surface area contributed by atoms with Crippen LogP contribution >= 0.6 is 11.6 Å². The van der Waals surface area contributed by atoms with Crippen LogP contribution in [0.2, 0.25) is 5.02 Å². The van der Waals surface area contributed by atoms with E-state index in [0.717, 1.165) is 17.7 Å². The molecule has 1 saturated carbocycles. The number of benzene rings is 2. The zero-order valence-corrected chi connectivity index (χ0v) is 13.4. The molecule has 2 nitrogen and oxygen atoms in total. The lowest BCUT2D eigenvalue weighted by molar-refractivity contribution is -0.137. The largest absolute Gasteiger partial charge is 0.416 e. The Morgan fingerprint density at radius 1 is 1.12 bits per heavy atom. The molecule has 2 aromatic carbocycles. The highest BCUT2D eigenvalue weighted by molar-refractivity contribution is 6.30. The molecule has 1 aliphatic carbocycles. The van der Waals surface area contributed by atoms with Crippen molar-refractivity contribution in [2.24, 2.45) is 0 Å². The zero-order chi connectivity index (χ0) is 17.4. The molecule has 1 N–H and O–H groups in total. The molecule has 24 heavy (non-hydrogen) atoms. The molecule has 1 fully saturated rings. The van der Waals surface area contributed by atoms with Gasteiger partial charge < -0.3 is 5.32 Å². The standard InChI is InChI=1S/C18H15ClF3NO/c19-15-6-2-4-13(10-15)17(7-8-17)16(24)23-11-12-3-1-5-14(9-12)18(20,21)22/h1-6,9-10H,7-8,11H2,(H,23,24). The molecule has 0 atom stereocenters. The molecule has 0 spiro atoms. The molecule has 0 heterocycles.